The minimum absolute atomic E-state index is 0.142. The molecule has 2 heterocycles. The van der Waals surface area contributed by atoms with Gasteiger partial charge in [0.2, 0.25) is 0 Å². The first kappa shape index (κ1) is 24.9. The van der Waals surface area contributed by atoms with Crippen LogP contribution in [0.25, 0.3) is 11.3 Å². The third kappa shape index (κ3) is 5.38. The molecule has 5 nitrogen and oxygen atoms in total. The second-order valence-corrected chi connectivity index (χ2v) is 8.32. The lowest BCUT2D eigenvalue weighted by molar-refractivity contribution is -0.189. The number of fused-ring (bicyclic) bond motifs is 1. The van der Waals surface area contributed by atoms with Gasteiger partial charge in [-0.2, -0.15) is 13.2 Å². The molecule has 2 aromatic carbocycles. The summed E-state index contributed by atoms with van der Waals surface area (Å²) in [5.41, 5.74) is 0.739. The maximum atomic E-state index is 15.2. The first-order chi connectivity index (χ1) is 16.5. The van der Waals surface area contributed by atoms with E-state index in [1.54, 1.807) is 12.1 Å². The van der Waals surface area contributed by atoms with Crippen molar-refractivity contribution in [1.29, 1.82) is 0 Å². The summed E-state index contributed by atoms with van der Waals surface area (Å²) in [5, 5.41) is 5.22. The highest BCUT2D eigenvalue weighted by atomic mass is 35.5. The number of hydrogen-bond donors (Lipinski definition) is 2. The molecule has 2 N–H and O–H groups in total. The average molecular weight is 512 g/mol. The van der Waals surface area contributed by atoms with Crippen molar-refractivity contribution >= 4 is 23.2 Å². The number of carbonyl (C=O) groups excluding carboxylic acids is 1. The lowest BCUT2D eigenvalue weighted by Crippen LogP contribution is -2.32. The van der Waals surface area contributed by atoms with E-state index in [1.807, 2.05) is 0 Å². The summed E-state index contributed by atoms with van der Waals surface area (Å²) in [6, 6.07) is 8.67. The molecule has 184 valence electrons. The number of nitrogens with one attached hydrogen (secondary N) is 2. The number of carbonyl (C=O) groups is 1. The maximum Gasteiger partial charge on any atom is 0.425 e. The Morgan fingerprint density at radius 1 is 1.17 bits per heavy atom. The average Bonchev–Trinajstić information content (AvgIpc) is 2.81. The summed E-state index contributed by atoms with van der Waals surface area (Å²) in [7, 11) is 0. The van der Waals surface area contributed by atoms with Gasteiger partial charge in [-0.1, -0.05) is 23.7 Å². The molecule has 1 aliphatic heterocycles. The third-order valence-electron chi connectivity index (χ3n) is 5.48. The predicted molar refractivity (Wildman–Crippen MR) is 121 cm³/mol. The molecule has 0 saturated heterocycles. The van der Waals surface area contributed by atoms with Crippen LogP contribution in [0.5, 0.6) is 5.75 Å². The molecular weight excluding hydrogens is 493 g/mol. The zero-order valence-electron chi connectivity index (χ0n) is 18.3. The number of alkyl halides is 3. The van der Waals surface area contributed by atoms with Gasteiger partial charge in [0.05, 0.1) is 22.0 Å². The van der Waals surface area contributed by atoms with E-state index in [0.717, 1.165) is 36.4 Å². The maximum absolute atomic E-state index is 15.2. The summed E-state index contributed by atoms with van der Waals surface area (Å²) in [6.07, 6.45) is -6.47. The fourth-order valence-electron chi connectivity index (χ4n) is 3.57. The predicted octanol–water partition coefficient (Wildman–Crippen LogP) is 5.91. The highest BCUT2D eigenvalue weighted by Gasteiger charge is 2.39. The molecule has 4 rings (SSSR count). The third-order valence-corrected chi connectivity index (χ3v) is 5.79. The van der Waals surface area contributed by atoms with E-state index in [0.29, 0.717) is 19.5 Å². The Morgan fingerprint density at radius 3 is 2.66 bits per heavy atom. The largest absolute Gasteiger partial charge is 0.480 e. The van der Waals surface area contributed by atoms with Crippen LogP contribution in [0.3, 0.4) is 0 Å². The number of benzene rings is 2. The fourth-order valence-corrected chi connectivity index (χ4v) is 3.78. The van der Waals surface area contributed by atoms with Crippen LogP contribution in [-0.4, -0.2) is 29.7 Å². The molecule has 0 aliphatic carbocycles. The van der Waals surface area contributed by atoms with Crippen molar-refractivity contribution in [2.75, 3.05) is 11.9 Å². The minimum Gasteiger partial charge on any atom is -0.480 e. The van der Waals surface area contributed by atoms with Crippen molar-refractivity contribution in [3.8, 4) is 17.0 Å². The van der Waals surface area contributed by atoms with Crippen LogP contribution in [0.4, 0.5) is 27.6 Å². The Hall–Kier alpha value is -3.24. The molecular formula is C24H19ClF5N3O2. The first-order valence-electron chi connectivity index (χ1n) is 10.6. The lowest BCUT2D eigenvalue weighted by Gasteiger charge is -2.21. The molecule has 0 radical (unpaired) electrons. The summed E-state index contributed by atoms with van der Waals surface area (Å²) in [4.78, 5) is 17.3. The molecule has 1 aliphatic rings. The van der Waals surface area contributed by atoms with Gasteiger partial charge in [-0.05, 0) is 42.8 Å². The van der Waals surface area contributed by atoms with Gasteiger partial charge in [0.25, 0.3) is 5.91 Å². The van der Waals surface area contributed by atoms with Crippen molar-refractivity contribution in [2.24, 2.45) is 0 Å². The van der Waals surface area contributed by atoms with Crippen LogP contribution in [0.15, 0.2) is 42.5 Å². The molecule has 0 spiro atoms. The second-order valence-electron chi connectivity index (χ2n) is 7.91. The summed E-state index contributed by atoms with van der Waals surface area (Å²) in [5.74, 6) is -3.43. The van der Waals surface area contributed by atoms with Crippen molar-refractivity contribution in [3.63, 3.8) is 0 Å². The zero-order valence-corrected chi connectivity index (χ0v) is 19.0. The van der Waals surface area contributed by atoms with Gasteiger partial charge in [-0.15, -0.1) is 0 Å². The van der Waals surface area contributed by atoms with Gasteiger partial charge in [0, 0.05) is 30.8 Å². The standard InChI is InChI=1S/C24H19ClF5N3O2/c1-12(24(28,29)30)35-21-10-14(20-6-5-13-11-31-8-7-19(13)32-20)18(27)9-15(21)23(34)33-22-16(25)3-2-4-17(22)26/h2-6,9-10,12,31H,7-8,11H2,1H3,(H,33,34)/t12-/m0/s1. The number of nitrogens with zero attached hydrogens (tertiary/aromatic N) is 1. The second kappa shape index (κ2) is 9.79. The summed E-state index contributed by atoms with van der Waals surface area (Å²) in [6.45, 7) is 2.03. The number of rotatable bonds is 5. The lowest BCUT2D eigenvalue weighted by atomic mass is 10.0. The molecule has 1 amide bonds. The van der Waals surface area contributed by atoms with Crippen molar-refractivity contribution in [1.82, 2.24) is 10.3 Å². The van der Waals surface area contributed by atoms with Crippen molar-refractivity contribution < 1.29 is 31.5 Å². The van der Waals surface area contributed by atoms with Crippen molar-refractivity contribution in [2.45, 2.75) is 32.2 Å². The van der Waals surface area contributed by atoms with E-state index in [4.69, 9.17) is 16.3 Å². The molecule has 11 heteroatoms. The number of anilines is 1. The van der Waals surface area contributed by atoms with Crippen LogP contribution in [0, 0.1) is 11.6 Å². The molecule has 1 atom stereocenters. The van der Waals surface area contributed by atoms with E-state index in [-0.39, 0.29) is 16.3 Å². The van der Waals surface area contributed by atoms with Crippen molar-refractivity contribution in [3.05, 3.63) is 75.9 Å². The number of aromatic nitrogens is 1. The Kier molecular flexibility index (Phi) is 6.95. The quantitative estimate of drug-likeness (QED) is 0.418. The molecule has 0 saturated carbocycles. The van der Waals surface area contributed by atoms with E-state index in [2.05, 4.69) is 15.6 Å². The highest BCUT2D eigenvalue weighted by Crippen LogP contribution is 2.34. The fraction of sp³-hybridized carbons (Fsp3) is 0.250. The Balaban J connectivity index is 1.77. The van der Waals surface area contributed by atoms with Gasteiger partial charge < -0.3 is 15.4 Å². The van der Waals surface area contributed by atoms with Gasteiger partial charge in [-0.25, -0.2) is 8.78 Å². The number of ether oxygens (including phenoxy) is 1. The zero-order chi connectivity index (χ0) is 25.3. The monoisotopic (exact) mass is 511 g/mol. The van der Waals surface area contributed by atoms with E-state index in [9.17, 15) is 22.4 Å². The first-order valence-corrected chi connectivity index (χ1v) is 10.9. The molecule has 0 unspecified atom stereocenters. The Labute approximate surface area is 202 Å². The van der Waals surface area contributed by atoms with Gasteiger partial charge in [-0.3, -0.25) is 9.78 Å². The van der Waals surface area contributed by atoms with E-state index < -0.39 is 46.8 Å². The number of halogens is 6. The Morgan fingerprint density at radius 2 is 1.94 bits per heavy atom. The van der Waals surface area contributed by atoms with Crippen LogP contribution in [0.2, 0.25) is 5.02 Å². The molecule has 3 aromatic rings. The summed E-state index contributed by atoms with van der Waals surface area (Å²) >= 11 is 5.92. The van der Waals surface area contributed by atoms with Crippen LogP contribution in [0.1, 0.15) is 28.5 Å². The van der Waals surface area contributed by atoms with Gasteiger partial charge in [0.15, 0.2) is 6.10 Å². The minimum atomic E-state index is -4.76. The molecule has 1 aromatic heterocycles. The number of para-hydroxylation sites is 1. The van der Waals surface area contributed by atoms with E-state index in [1.165, 1.54) is 12.1 Å². The normalized spacial score (nSPS) is 14.3. The highest BCUT2D eigenvalue weighted by molar-refractivity contribution is 6.34. The van der Waals surface area contributed by atoms with Crippen LogP contribution < -0.4 is 15.4 Å². The van der Waals surface area contributed by atoms with E-state index >= 15 is 4.39 Å². The smallest absolute Gasteiger partial charge is 0.425 e. The number of amides is 1. The molecule has 0 fully saturated rings. The SMILES string of the molecule is C[C@H](Oc1cc(-c2ccc3c(n2)CCNC3)c(F)cc1C(=O)Nc1c(F)cccc1Cl)C(F)(F)F. The van der Waals surface area contributed by atoms with Gasteiger partial charge in [0.1, 0.15) is 17.4 Å². The number of hydrogen-bond acceptors (Lipinski definition) is 4. The molecule has 0 bridgehead atoms. The number of pyridine rings is 1. The Bertz CT molecular complexity index is 1260. The van der Waals surface area contributed by atoms with Crippen LogP contribution >= 0.6 is 11.6 Å². The molecule has 35 heavy (non-hydrogen) atoms. The topological polar surface area (TPSA) is 63.2 Å². The summed E-state index contributed by atoms with van der Waals surface area (Å²) < 4.78 is 74.0. The van der Waals surface area contributed by atoms with Gasteiger partial charge >= 0.3 is 6.18 Å². The van der Waals surface area contributed by atoms with Crippen LogP contribution in [-0.2, 0) is 13.0 Å².